The Bertz CT molecular complexity index is 822. The predicted molar refractivity (Wildman–Crippen MR) is 99.6 cm³/mol. The fourth-order valence-electron chi connectivity index (χ4n) is 2.46. The van der Waals surface area contributed by atoms with Crippen molar-refractivity contribution in [1.29, 1.82) is 0 Å². The molecule has 0 aliphatic heterocycles. The third-order valence-electron chi connectivity index (χ3n) is 3.73. The molecule has 0 spiro atoms. The number of ether oxygens (including phenoxy) is 1. The van der Waals surface area contributed by atoms with Gasteiger partial charge < -0.3 is 15.0 Å². The minimum atomic E-state index is -0.260. The molecule has 0 fully saturated rings. The number of nitrogens with one attached hydrogen (secondary N) is 2. The van der Waals surface area contributed by atoms with E-state index < -0.39 is 0 Å². The lowest BCUT2D eigenvalue weighted by Crippen LogP contribution is -2.26. The van der Waals surface area contributed by atoms with Gasteiger partial charge in [0.2, 0.25) is 5.91 Å². The van der Waals surface area contributed by atoms with Crippen molar-refractivity contribution in [3.63, 3.8) is 0 Å². The number of hydrogen-bond acceptors (Lipinski definition) is 3. The van der Waals surface area contributed by atoms with E-state index in [-0.39, 0.29) is 18.0 Å². The van der Waals surface area contributed by atoms with E-state index in [1.165, 1.54) is 6.08 Å². The molecule has 1 aromatic heterocycles. The van der Waals surface area contributed by atoms with Gasteiger partial charge in [-0.1, -0.05) is 25.1 Å². The molecule has 2 rings (SSSR count). The van der Waals surface area contributed by atoms with Crippen LogP contribution in [0.3, 0.4) is 0 Å². The van der Waals surface area contributed by atoms with Crippen LogP contribution in [0.5, 0.6) is 5.75 Å². The first-order valence-corrected chi connectivity index (χ1v) is 8.38. The Morgan fingerprint density at radius 3 is 2.76 bits per heavy atom. The molecular formula is C20H24N2O3. The van der Waals surface area contributed by atoms with Gasteiger partial charge in [0.1, 0.15) is 5.75 Å². The van der Waals surface area contributed by atoms with E-state index in [1.807, 2.05) is 51.1 Å². The minimum absolute atomic E-state index is 0.167. The molecule has 0 atom stereocenters. The Morgan fingerprint density at radius 1 is 1.28 bits per heavy atom. The normalized spacial score (nSPS) is 10.8. The summed E-state index contributed by atoms with van der Waals surface area (Å²) in [5, 5.41) is 2.75. The zero-order chi connectivity index (χ0) is 18.2. The highest BCUT2D eigenvalue weighted by atomic mass is 16.5. The number of para-hydroxylation sites is 1. The van der Waals surface area contributed by atoms with E-state index in [4.69, 9.17) is 4.74 Å². The van der Waals surface area contributed by atoms with E-state index >= 15 is 0 Å². The number of aromatic nitrogens is 1. The average Bonchev–Trinajstić information content (AvgIpc) is 2.57. The first kappa shape index (κ1) is 18.5. The molecule has 1 aromatic carbocycles. The number of rotatable bonds is 7. The van der Waals surface area contributed by atoms with Crippen molar-refractivity contribution < 1.29 is 9.53 Å². The Kier molecular flexibility index (Phi) is 6.57. The lowest BCUT2D eigenvalue weighted by molar-refractivity contribution is -0.116. The molecule has 0 saturated heterocycles. The van der Waals surface area contributed by atoms with E-state index in [0.29, 0.717) is 12.2 Å². The van der Waals surface area contributed by atoms with Crippen LogP contribution in [0.4, 0.5) is 0 Å². The van der Waals surface area contributed by atoms with Gasteiger partial charge >= 0.3 is 0 Å². The molecule has 5 nitrogen and oxygen atoms in total. The predicted octanol–water partition coefficient (Wildman–Crippen LogP) is 3.11. The van der Waals surface area contributed by atoms with Gasteiger partial charge in [-0.2, -0.15) is 0 Å². The molecule has 0 bridgehead atoms. The molecule has 0 saturated carbocycles. The first-order chi connectivity index (χ1) is 12.0. The van der Waals surface area contributed by atoms with Crippen molar-refractivity contribution >= 4 is 12.0 Å². The number of amides is 1. The standard InChI is InChI=1S/C20H24N2O3/c1-4-11-25-18-8-6-5-7-16(18)9-10-19(23)21-13-17-14(2)12-15(3)22-20(17)24/h5-10,12H,4,11,13H2,1-3H3,(H,21,23)(H,22,24)/b10-9+. The maximum absolute atomic E-state index is 12.1. The summed E-state index contributed by atoms with van der Waals surface area (Å²) in [5.74, 6) is 0.490. The third-order valence-corrected chi connectivity index (χ3v) is 3.73. The number of H-pyrrole nitrogens is 1. The van der Waals surface area contributed by atoms with Crippen LogP contribution < -0.4 is 15.6 Å². The zero-order valence-corrected chi connectivity index (χ0v) is 14.9. The molecule has 0 aliphatic rings. The molecule has 0 aliphatic carbocycles. The molecule has 25 heavy (non-hydrogen) atoms. The van der Waals surface area contributed by atoms with Crippen LogP contribution in [0.25, 0.3) is 6.08 Å². The molecule has 132 valence electrons. The highest BCUT2D eigenvalue weighted by molar-refractivity contribution is 5.92. The second kappa shape index (κ2) is 8.87. The Balaban J connectivity index is 2.01. The number of carbonyl (C=O) groups excluding carboxylic acids is 1. The van der Waals surface area contributed by atoms with Gasteiger partial charge in [0.05, 0.1) is 6.61 Å². The Morgan fingerprint density at radius 2 is 2.04 bits per heavy atom. The minimum Gasteiger partial charge on any atom is -0.493 e. The monoisotopic (exact) mass is 340 g/mol. The molecule has 0 radical (unpaired) electrons. The largest absolute Gasteiger partial charge is 0.493 e. The molecule has 2 aromatic rings. The Hall–Kier alpha value is -2.82. The van der Waals surface area contributed by atoms with Crippen LogP contribution in [-0.4, -0.2) is 17.5 Å². The summed E-state index contributed by atoms with van der Waals surface area (Å²) in [6, 6.07) is 9.45. The summed E-state index contributed by atoms with van der Waals surface area (Å²) < 4.78 is 5.66. The summed E-state index contributed by atoms with van der Waals surface area (Å²) in [6.07, 6.45) is 4.08. The summed E-state index contributed by atoms with van der Waals surface area (Å²) in [5.41, 5.74) is 2.92. The van der Waals surface area contributed by atoms with Crippen molar-refractivity contribution in [3.05, 3.63) is 69.1 Å². The van der Waals surface area contributed by atoms with Crippen molar-refractivity contribution in [1.82, 2.24) is 10.3 Å². The Labute approximate surface area is 147 Å². The average molecular weight is 340 g/mol. The number of aryl methyl sites for hydroxylation is 2. The van der Waals surface area contributed by atoms with Crippen LogP contribution in [0.1, 0.15) is 35.7 Å². The summed E-state index contributed by atoms with van der Waals surface area (Å²) in [7, 11) is 0. The van der Waals surface area contributed by atoms with E-state index in [0.717, 1.165) is 29.0 Å². The molecule has 5 heteroatoms. The molecule has 1 heterocycles. The summed E-state index contributed by atoms with van der Waals surface area (Å²) >= 11 is 0. The number of pyridine rings is 1. The highest BCUT2D eigenvalue weighted by Crippen LogP contribution is 2.19. The van der Waals surface area contributed by atoms with Gasteiger partial charge in [-0.15, -0.1) is 0 Å². The number of benzene rings is 1. The number of hydrogen-bond donors (Lipinski definition) is 2. The van der Waals surface area contributed by atoms with E-state index in [9.17, 15) is 9.59 Å². The van der Waals surface area contributed by atoms with Crippen LogP contribution in [-0.2, 0) is 11.3 Å². The molecule has 1 amide bonds. The highest BCUT2D eigenvalue weighted by Gasteiger charge is 2.06. The number of aromatic amines is 1. The van der Waals surface area contributed by atoms with Gasteiger partial charge in [0.25, 0.3) is 5.56 Å². The van der Waals surface area contributed by atoms with Gasteiger partial charge in [-0.25, -0.2) is 0 Å². The van der Waals surface area contributed by atoms with Crippen molar-refractivity contribution in [3.8, 4) is 5.75 Å². The second-order valence-corrected chi connectivity index (χ2v) is 5.88. The summed E-state index contributed by atoms with van der Waals surface area (Å²) in [4.78, 5) is 26.8. The van der Waals surface area contributed by atoms with Crippen LogP contribution >= 0.6 is 0 Å². The molecule has 2 N–H and O–H groups in total. The lowest BCUT2D eigenvalue weighted by Gasteiger charge is -2.08. The van der Waals surface area contributed by atoms with Crippen LogP contribution in [0, 0.1) is 13.8 Å². The maximum atomic E-state index is 12.1. The zero-order valence-electron chi connectivity index (χ0n) is 14.9. The maximum Gasteiger partial charge on any atom is 0.253 e. The first-order valence-electron chi connectivity index (χ1n) is 8.38. The quantitative estimate of drug-likeness (QED) is 0.761. The van der Waals surface area contributed by atoms with Crippen LogP contribution in [0.2, 0.25) is 0 Å². The van der Waals surface area contributed by atoms with E-state index in [2.05, 4.69) is 10.3 Å². The van der Waals surface area contributed by atoms with Gasteiger partial charge in [0.15, 0.2) is 0 Å². The van der Waals surface area contributed by atoms with Crippen LogP contribution in [0.15, 0.2) is 41.2 Å². The van der Waals surface area contributed by atoms with Gasteiger partial charge in [-0.3, -0.25) is 9.59 Å². The second-order valence-electron chi connectivity index (χ2n) is 5.88. The van der Waals surface area contributed by atoms with Gasteiger partial charge in [0, 0.05) is 29.4 Å². The lowest BCUT2D eigenvalue weighted by atomic mass is 10.1. The smallest absolute Gasteiger partial charge is 0.253 e. The molecular weight excluding hydrogens is 316 g/mol. The fraction of sp³-hybridized carbons (Fsp3) is 0.300. The van der Waals surface area contributed by atoms with Crippen molar-refractivity contribution in [2.75, 3.05) is 6.61 Å². The topological polar surface area (TPSA) is 71.2 Å². The van der Waals surface area contributed by atoms with Crippen molar-refractivity contribution in [2.24, 2.45) is 0 Å². The fourth-order valence-corrected chi connectivity index (χ4v) is 2.46. The summed E-state index contributed by atoms with van der Waals surface area (Å²) in [6.45, 7) is 6.56. The molecule has 0 unspecified atom stereocenters. The van der Waals surface area contributed by atoms with E-state index in [1.54, 1.807) is 6.08 Å². The number of carbonyl (C=O) groups is 1. The van der Waals surface area contributed by atoms with Crippen molar-refractivity contribution in [2.45, 2.75) is 33.7 Å². The third kappa shape index (κ3) is 5.35. The SMILES string of the molecule is CCCOc1ccccc1/C=C/C(=O)NCc1c(C)cc(C)[nH]c1=O. The van der Waals surface area contributed by atoms with Gasteiger partial charge in [-0.05, 0) is 44.0 Å².